The van der Waals surface area contributed by atoms with E-state index in [-0.39, 0.29) is 0 Å². The Hall–Kier alpha value is -0.0400. The van der Waals surface area contributed by atoms with Crippen LogP contribution in [0.25, 0.3) is 0 Å². The average molecular weight is 183 g/mol. The van der Waals surface area contributed by atoms with E-state index in [0.29, 0.717) is 5.41 Å². The second kappa shape index (κ2) is 4.45. The Labute approximate surface area is 83.3 Å². The molecule has 0 spiro atoms. The van der Waals surface area contributed by atoms with Crippen LogP contribution in [0.4, 0.5) is 0 Å². The third kappa shape index (κ3) is 2.25. The molecule has 0 heterocycles. The van der Waals surface area contributed by atoms with Crippen molar-refractivity contribution in [2.24, 2.45) is 11.3 Å². The standard InChI is InChI=1S/C12H25N/c1-5-12(10(2)3)8-6-11(13-4)7-9-12/h10-11,13H,5-9H2,1-4H3. The zero-order chi connectivity index (χ0) is 9.90. The largest absolute Gasteiger partial charge is 0.317 e. The van der Waals surface area contributed by atoms with E-state index in [1.165, 1.54) is 32.1 Å². The fourth-order valence-electron chi connectivity index (χ4n) is 2.82. The van der Waals surface area contributed by atoms with Gasteiger partial charge in [0.05, 0.1) is 0 Å². The van der Waals surface area contributed by atoms with Crippen LogP contribution in [-0.2, 0) is 0 Å². The van der Waals surface area contributed by atoms with Gasteiger partial charge in [-0.25, -0.2) is 0 Å². The Morgan fingerprint density at radius 2 is 1.85 bits per heavy atom. The van der Waals surface area contributed by atoms with Crippen molar-refractivity contribution in [3.63, 3.8) is 0 Å². The minimum Gasteiger partial charge on any atom is -0.317 e. The Kier molecular flexibility index (Phi) is 3.78. The van der Waals surface area contributed by atoms with Crippen LogP contribution in [0.3, 0.4) is 0 Å². The number of nitrogens with one attached hydrogen (secondary N) is 1. The molecule has 1 aliphatic carbocycles. The first-order valence-electron chi connectivity index (χ1n) is 5.82. The molecule has 0 amide bonds. The molecule has 0 radical (unpaired) electrons. The van der Waals surface area contributed by atoms with Gasteiger partial charge in [0, 0.05) is 6.04 Å². The molecule has 1 aliphatic rings. The molecule has 1 N–H and O–H groups in total. The molecule has 0 saturated heterocycles. The summed E-state index contributed by atoms with van der Waals surface area (Å²) in [6.07, 6.45) is 6.96. The average Bonchev–Trinajstić information content (AvgIpc) is 2.17. The minimum absolute atomic E-state index is 0.660. The zero-order valence-corrected chi connectivity index (χ0v) is 9.69. The Bertz CT molecular complexity index is 143. The van der Waals surface area contributed by atoms with E-state index in [1.807, 2.05) is 0 Å². The highest BCUT2D eigenvalue weighted by molar-refractivity contribution is 4.88. The van der Waals surface area contributed by atoms with Crippen LogP contribution in [0.15, 0.2) is 0 Å². The van der Waals surface area contributed by atoms with Crippen molar-refractivity contribution < 1.29 is 0 Å². The van der Waals surface area contributed by atoms with Crippen LogP contribution in [0.2, 0.25) is 0 Å². The third-order valence-electron chi connectivity index (χ3n) is 4.32. The summed E-state index contributed by atoms with van der Waals surface area (Å²) in [4.78, 5) is 0. The first-order valence-corrected chi connectivity index (χ1v) is 5.82. The van der Waals surface area contributed by atoms with Gasteiger partial charge in [-0.15, -0.1) is 0 Å². The van der Waals surface area contributed by atoms with Crippen molar-refractivity contribution >= 4 is 0 Å². The lowest BCUT2D eigenvalue weighted by atomic mass is 9.64. The zero-order valence-electron chi connectivity index (χ0n) is 9.69. The van der Waals surface area contributed by atoms with E-state index in [2.05, 4.69) is 33.1 Å². The molecule has 0 aromatic heterocycles. The molecule has 1 rings (SSSR count). The van der Waals surface area contributed by atoms with Crippen LogP contribution in [0.5, 0.6) is 0 Å². The Morgan fingerprint density at radius 1 is 1.31 bits per heavy atom. The van der Waals surface area contributed by atoms with Crippen molar-refractivity contribution in [3.05, 3.63) is 0 Å². The van der Waals surface area contributed by atoms with Crippen molar-refractivity contribution in [2.75, 3.05) is 7.05 Å². The Morgan fingerprint density at radius 3 is 2.15 bits per heavy atom. The molecule has 13 heavy (non-hydrogen) atoms. The number of hydrogen-bond donors (Lipinski definition) is 1. The van der Waals surface area contributed by atoms with Gasteiger partial charge in [0.2, 0.25) is 0 Å². The Balaban J connectivity index is 2.53. The molecule has 0 atom stereocenters. The highest BCUT2D eigenvalue weighted by Crippen LogP contribution is 2.44. The topological polar surface area (TPSA) is 12.0 Å². The van der Waals surface area contributed by atoms with Crippen molar-refractivity contribution in [3.8, 4) is 0 Å². The first kappa shape index (κ1) is 11.0. The maximum atomic E-state index is 3.40. The smallest absolute Gasteiger partial charge is 0.00644 e. The summed E-state index contributed by atoms with van der Waals surface area (Å²) in [5.41, 5.74) is 0.660. The summed E-state index contributed by atoms with van der Waals surface area (Å²) >= 11 is 0. The normalized spacial score (nSPS) is 35.3. The maximum absolute atomic E-state index is 3.40. The molecule has 0 aromatic carbocycles. The summed E-state index contributed by atoms with van der Waals surface area (Å²) in [5, 5.41) is 3.40. The molecular weight excluding hydrogens is 158 g/mol. The fraction of sp³-hybridized carbons (Fsp3) is 1.00. The van der Waals surface area contributed by atoms with E-state index in [9.17, 15) is 0 Å². The molecule has 0 bridgehead atoms. The second-order valence-corrected chi connectivity index (χ2v) is 4.93. The fourth-order valence-corrected chi connectivity index (χ4v) is 2.82. The predicted molar refractivity (Wildman–Crippen MR) is 58.9 cm³/mol. The van der Waals surface area contributed by atoms with Crippen LogP contribution < -0.4 is 5.32 Å². The van der Waals surface area contributed by atoms with Gasteiger partial charge in [-0.05, 0) is 44.1 Å². The van der Waals surface area contributed by atoms with Crippen LogP contribution in [-0.4, -0.2) is 13.1 Å². The SMILES string of the molecule is CCC1(C(C)C)CCC(NC)CC1. The van der Waals surface area contributed by atoms with Crippen LogP contribution in [0, 0.1) is 11.3 Å². The maximum Gasteiger partial charge on any atom is 0.00644 e. The summed E-state index contributed by atoms with van der Waals surface area (Å²) in [6.45, 7) is 7.14. The molecule has 0 aliphatic heterocycles. The second-order valence-electron chi connectivity index (χ2n) is 4.93. The van der Waals surface area contributed by atoms with Crippen molar-refractivity contribution in [1.82, 2.24) is 5.32 Å². The van der Waals surface area contributed by atoms with Crippen molar-refractivity contribution in [1.29, 1.82) is 0 Å². The van der Waals surface area contributed by atoms with E-state index in [0.717, 1.165) is 12.0 Å². The number of rotatable bonds is 3. The van der Waals surface area contributed by atoms with E-state index >= 15 is 0 Å². The quantitative estimate of drug-likeness (QED) is 0.708. The molecule has 0 unspecified atom stereocenters. The molecule has 1 fully saturated rings. The highest BCUT2D eigenvalue weighted by atomic mass is 14.9. The highest BCUT2D eigenvalue weighted by Gasteiger charge is 2.35. The molecule has 1 heteroatoms. The van der Waals surface area contributed by atoms with Gasteiger partial charge >= 0.3 is 0 Å². The van der Waals surface area contributed by atoms with Gasteiger partial charge < -0.3 is 5.32 Å². The lowest BCUT2D eigenvalue weighted by Gasteiger charge is -2.43. The minimum atomic E-state index is 0.660. The summed E-state index contributed by atoms with van der Waals surface area (Å²) in [7, 11) is 2.10. The van der Waals surface area contributed by atoms with Gasteiger partial charge in [-0.3, -0.25) is 0 Å². The van der Waals surface area contributed by atoms with E-state index < -0.39 is 0 Å². The first-order chi connectivity index (χ1) is 6.14. The summed E-state index contributed by atoms with van der Waals surface area (Å²) < 4.78 is 0. The molecule has 78 valence electrons. The monoisotopic (exact) mass is 183 g/mol. The predicted octanol–water partition coefficient (Wildman–Crippen LogP) is 3.20. The number of hydrogen-bond acceptors (Lipinski definition) is 1. The van der Waals surface area contributed by atoms with E-state index in [1.54, 1.807) is 0 Å². The lowest BCUT2D eigenvalue weighted by Crippen LogP contribution is -2.38. The lowest BCUT2D eigenvalue weighted by molar-refractivity contribution is 0.0973. The molecule has 0 aromatic rings. The molecule has 1 saturated carbocycles. The summed E-state index contributed by atoms with van der Waals surface area (Å²) in [6, 6.07) is 0.790. The van der Waals surface area contributed by atoms with Gasteiger partial charge in [-0.1, -0.05) is 27.2 Å². The van der Waals surface area contributed by atoms with Gasteiger partial charge in [0.15, 0.2) is 0 Å². The third-order valence-corrected chi connectivity index (χ3v) is 4.32. The van der Waals surface area contributed by atoms with Crippen LogP contribution in [0.1, 0.15) is 52.9 Å². The van der Waals surface area contributed by atoms with Gasteiger partial charge in [-0.2, -0.15) is 0 Å². The van der Waals surface area contributed by atoms with Gasteiger partial charge in [0.1, 0.15) is 0 Å². The molecule has 1 nitrogen and oxygen atoms in total. The molecular formula is C12H25N. The van der Waals surface area contributed by atoms with E-state index in [4.69, 9.17) is 0 Å². The van der Waals surface area contributed by atoms with Gasteiger partial charge in [0.25, 0.3) is 0 Å². The van der Waals surface area contributed by atoms with Crippen molar-refractivity contribution in [2.45, 2.75) is 58.9 Å². The summed E-state index contributed by atoms with van der Waals surface area (Å²) in [5.74, 6) is 0.857. The van der Waals surface area contributed by atoms with Crippen LogP contribution >= 0.6 is 0 Å².